The first kappa shape index (κ1) is 11.9. The molecule has 0 aromatic heterocycles. The van der Waals surface area contributed by atoms with Crippen LogP contribution in [0.3, 0.4) is 0 Å². The Morgan fingerprint density at radius 2 is 1.92 bits per heavy atom. The number of hydrogen-bond acceptors (Lipinski definition) is 3. The van der Waals surface area contributed by atoms with Gasteiger partial charge in [-0.15, -0.1) is 0 Å². The van der Waals surface area contributed by atoms with Gasteiger partial charge in [0.25, 0.3) is 0 Å². The van der Waals surface area contributed by atoms with Gasteiger partial charge in [0, 0.05) is 24.6 Å². The standard InChI is InChI=1S/C9H21NO2/c1-4-8(5-11)10-6-9(2,3)7-12/h8,10-12H,4-7H2,1-3H3/t8-/m1/s1. The van der Waals surface area contributed by atoms with Crippen LogP contribution in [0.5, 0.6) is 0 Å². The molecule has 0 amide bonds. The average Bonchev–Trinajstić information content (AvgIpc) is 2.06. The highest BCUT2D eigenvalue weighted by molar-refractivity contribution is 4.73. The van der Waals surface area contributed by atoms with Crippen LogP contribution in [0.1, 0.15) is 27.2 Å². The van der Waals surface area contributed by atoms with Gasteiger partial charge in [-0.1, -0.05) is 20.8 Å². The molecule has 1 atom stereocenters. The second kappa shape index (κ2) is 5.51. The summed E-state index contributed by atoms with van der Waals surface area (Å²) in [5.41, 5.74) is -0.0947. The summed E-state index contributed by atoms with van der Waals surface area (Å²) in [6, 6.07) is 0.163. The summed E-state index contributed by atoms with van der Waals surface area (Å²) in [4.78, 5) is 0. The van der Waals surface area contributed by atoms with E-state index in [2.05, 4.69) is 5.32 Å². The highest BCUT2D eigenvalue weighted by atomic mass is 16.3. The summed E-state index contributed by atoms with van der Waals surface area (Å²) in [5, 5.41) is 21.0. The number of aliphatic hydroxyl groups excluding tert-OH is 2. The minimum atomic E-state index is -0.0947. The molecule has 3 heteroatoms. The van der Waals surface area contributed by atoms with E-state index in [4.69, 9.17) is 10.2 Å². The van der Waals surface area contributed by atoms with Gasteiger partial charge < -0.3 is 15.5 Å². The molecule has 74 valence electrons. The normalized spacial score (nSPS) is 14.8. The first-order valence-electron chi connectivity index (χ1n) is 4.51. The molecule has 0 fully saturated rings. The summed E-state index contributed by atoms with van der Waals surface area (Å²) >= 11 is 0. The molecule has 0 radical (unpaired) electrons. The van der Waals surface area contributed by atoms with Gasteiger partial charge in [-0.25, -0.2) is 0 Å². The van der Waals surface area contributed by atoms with Crippen molar-refractivity contribution >= 4 is 0 Å². The minimum Gasteiger partial charge on any atom is -0.396 e. The van der Waals surface area contributed by atoms with Crippen molar-refractivity contribution in [3.63, 3.8) is 0 Å². The summed E-state index contributed by atoms with van der Waals surface area (Å²) in [7, 11) is 0. The van der Waals surface area contributed by atoms with E-state index in [9.17, 15) is 0 Å². The van der Waals surface area contributed by atoms with Crippen molar-refractivity contribution in [3.05, 3.63) is 0 Å². The third-order valence-corrected chi connectivity index (χ3v) is 2.01. The lowest BCUT2D eigenvalue weighted by Gasteiger charge is -2.25. The third-order valence-electron chi connectivity index (χ3n) is 2.01. The Morgan fingerprint density at radius 1 is 1.33 bits per heavy atom. The van der Waals surface area contributed by atoms with Crippen LogP contribution in [-0.2, 0) is 0 Å². The molecule has 12 heavy (non-hydrogen) atoms. The lowest BCUT2D eigenvalue weighted by atomic mass is 9.94. The first-order chi connectivity index (χ1) is 5.55. The van der Waals surface area contributed by atoms with Gasteiger partial charge in [-0.05, 0) is 6.42 Å². The highest BCUT2D eigenvalue weighted by Crippen LogP contribution is 2.11. The molecule has 3 N–H and O–H groups in total. The highest BCUT2D eigenvalue weighted by Gasteiger charge is 2.17. The Labute approximate surface area is 74.8 Å². The molecule has 0 aliphatic carbocycles. The fraction of sp³-hybridized carbons (Fsp3) is 1.00. The number of aliphatic hydroxyl groups is 2. The predicted molar refractivity (Wildman–Crippen MR) is 50.0 cm³/mol. The lowest BCUT2D eigenvalue weighted by molar-refractivity contribution is 0.144. The fourth-order valence-electron chi connectivity index (χ4n) is 0.815. The van der Waals surface area contributed by atoms with Gasteiger partial charge in [0.15, 0.2) is 0 Å². The van der Waals surface area contributed by atoms with Crippen LogP contribution < -0.4 is 5.32 Å². The van der Waals surface area contributed by atoms with Crippen LogP contribution in [0.4, 0.5) is 0 Å². The van der Waals surface area contributed by atoms with Crippen molar-refractivity contribution in [2.75, 3.05) is 19.8 Å². The maximum atomic E-state index is 8.95. The largest absolute Gasteiger partial charge is 0.396 e. The van der Waals surface area contributed by atoms with Crippen molar-refractivity contribution in [2.45, 2.75) is 33.2 Å². The minimum absolute atomic E-state index is 0.0947. The van der Waals surface area contributed by atoms with Crippen LogP contribution in [0.2, 0.25) is 0 Å². The predicted octanol–water partition coefficient (Wildman–Crippen LogP) is 0.365. The van der Waals surface area contributed by atoms with E-state index in [1.54, 1.807) is 0 Å². The molecule has 0 heterocycles. The quantitative estimate of drug-likeness (QED) is 0.546. The first-order valence-corrected chi connectivity index (χ1v) is 4.51. The van der Waals surface area contributed by atoms with E-state index in [-0.39, 0.29) is 24.7 Å². The van der Waals surface area contributed by atoms with Crippen LogP contribution in [0, 0.1) is 5.41 Å². The van der Waals surface area contributed by atoms with Crippen LogP contribution in [0.15, 0.2) is 0 Å². The molecule has 0 saturated carbocycles. The Kier molecular flexibility index (Phi) is 5.46. The van der Waals surface area contributed by atoms with Gasteiger partial charge in [-0.3, -0.25) is 0 Å². The van der Waals surface area contributed by atoms with Crippen LogP contribution in [0.25, 0.3) is 0 Å². The van der Waals surface area contributed by atoms with Crippen LogP contribution >= 0.6 is 0 Å². The smallest absolute Gasteiger partial charge is 0.0584 e. The molecule has 0 aliphatic rings. The van der Waals surface area contributed by atoms with Crippen molar-refractivity contribution < 1.29 is 10.2 Å². The third kappa shape index (κ3) is 4.70. The van der Waals surface area contributed by atoms with Gasteiger partial charge >= 0.3 is 0 Å². The fourth-order valence-corrected chi connectivity index (χ4v) is 0.815. The van der Waals surface area contributed by atoms with Crippen LogP contribution in [-0.4, -0.2) is 36.0 Å². The van der Waals surface area contributed by atoms with Gasteiger partial charge in [0.2, 0.25) is 0 Å². The average molecular weight is 175 g/mol. The molecule has 0 aromatic carbocycles. The Bertz CT molecular complexity index is 111. The molecule has 0 aromatic rings. The van der Waals surface area contributed by atoms with Crippen molar-refractivity contribution in [1.82, 2.24) is 5.32 Å². The second-order valence-corrected chi connectivity index (χ2v) is 3.99. The summed E-state index contributed by atoms with van der Waals surface area (Å²) in [6.45, 7) is 7.08. The van der Waals surface area contributed by atoms with Crippen molar-refractivity contribution in [3.8, 4) is 0 Å². The van der Waals surface area contributed by atoms with E-state index in [0.29, 0.717) is 0 Å². The Balaban J connectivity index is 3.65. The van der Waals surface area contributed by atoms with E-state index >= 15 is 0 Å². The summed E-state index contributed by atoms with van der Waals surface area (Å²) in [5.74, 6) is 0. The zero-order valence-corrected chi connectivity index (χ0v) is 8.30. The van der Waals surface area contributed by atoms with E-state index in [1.807, 2.05) is 20.8 Å². The number of nitrogens with one attached hydrogen (secondary N) is 1. The molecule has 0 rings (SSSR count). The topological polar surface area (TPSA) is 52.5 Å². The van der Waals surface area contributed by atoms with Gasteiger partial charge in [-0.2, -0.15) is 0 Å². The van der Waals surface area contributed by atoms with E-state index in [1.165, 1.54) is 0 Å². The molecule has 0 saturated heterocycles. The monoisotopic (exact) mass is 175 g/mol. The molecule has 0 unspecified atom stereocenters. The Hall–Kier alpha value is -0.120. The van der Waals surface area contributed by atoms with Gasteiger partial charge in [0.05, 0.1) is 6.61 Å². The molecule has 0 aliphatic heterocycles. The van der Waals surface area contributed by atoms with Gasteiger partial charge in [0.1, 0.15) is 0 Å². The molecular weight excluding hydrogens is 154 g/mol. The zero-order chi connectivity index (χ0) is 9.61. The Morgan fingerprint density at radius 3 is 2.25 bits per heavy atom. The van der Waals surface area contributed by atoms with Crippen molar-refractivity contribution in [2.24, 2.45) is 5.41 Å². The SMILES string of the molecule is CC[C@H](CO)NCC(C)(C)CO. The van der Waals surface area contributed by atoms with E-state index < -0.39 is 0 Å². The molecule has 3 nitrogen and oxygen atoms in total. The summed E-state index contributed by atoms with van der Waals surface area (Å²) < 4.78 is 0. The molecular formula is C9H21NO2. The van der Waals surface area contributed by atoms with E-state index in [0.717, 1.165) is 13.0 Å². The molecule has 0 spiro atoms. The summed E-state index contributed by atoms with van der Waals surface area (Å²) in [6.07, 6.45) is 0.915. The second-order valence-electron chi connectivity index (χ2n) is 3.99. The maximum absolute atomic E-state index is 8.95. The number of hydrogen-bond donors (Lipinski definition) is 3. The lowest BCUT2D eigenvalue weighted by Crippen LogP contribution is -2.40. The molecule has 0 bridgehead atoms. The maximum Gasteiger partial charge on any atom is 0.0584 e. The number of rotatable bonds is 6. The van der Waals surface area contributed by atoms with Crippen molar-refractivity contribution in [1.29, 1.82) is 0 Å². The zero-order valence-electron chi connectivity index (χ0n) is 8.30.